The van der Waals surface area contributed by atoms with E-state index in [9.17, 15) is 9.00 Å². The first-order valence-corrected chi connectivity index (χ1v) is 13.8. The van der Waals surface area contributed by atoms with Gasteiger partial charge in [-0.1, -0.05) is 68.9 Å². The lowest BCUT2D eigenvalue weighted by Gasteiger charge is -2.22. The fourth-order valence-electron chi connectivity index (χ4n) is 4.38. The monoisotopic (exact) mass is 522 g/mol. The number of halogens is 1. The normalized spacial score (nSPS) is 16.5. The van der Waals surface area contributed by atoms with Crippen LogP contribution in [0.3, 0.4) is 0 Å². The van der Waals surface area contributed by atoms with E-state index in [2.05, 4.69) is 57.9 Å². The van der Waals surface area contributed by atoms with E-state index in [1.54, 1.807) is 0 Å². The van der Waals surface area contributed by atoms with Crippen LogP contribution < -0.4 is 9.62 Å². The summed E-state index contributed by atoms with van der Waals surface area (Å²) in [5.74, 6) is -0.690. The molecule has 2 atom stereocenters. The Morgan fingerprint density at radius 2 is 1.63 bits per heavy atom. The van der Waals surface area contributed by atoms with Gasteiger partial charge in [0.15, 0.2) is 11.0 Å². The zero-order valence-electron chi connectivity index (χ0n) is 21.1. The van der Waals surface area contributed by atoms with E-state index in [1.807, 2.05) is 24.3 Å². The predicted molar refractivity (Wildman–Crippen MR) is 144 cm³/mol. The van der Waals surface area contributed by atoms with Crippen LogP contribution in [0.2, 0.25) is 0 Å². The van der Waals surface area contributed by atoms with Crippen molar-refractivity contribution < 1.29 is 18.4 Å². The molecule has 1 aliphatic rings. The van der Waals surface area contributed by atoms with Gasteiger partial charge in [0.25, 0.3) is 0 Å². The number of carbonyl (C=O) groups is 1. The minimum absolute atomic E-state index is 0.0323. The summed E-state index contributed by atoms with van der Waals surface area (Å²) in [7, 11) is 2.07. The van der Waals surface area contributed by atoms with Gasteiger partial charge in [0, 0.05) is 13.5 Å². The highest BCUT2D eigenvalue weighted by molar-refractivity contribution is 7.86. The number of fused-ring (bicyclic) bond motifs is 2. The van der Waals surface area contributed by atoms with Crippen LogP contribution in [-0.2, 0) is 20.1 Å². The fourth-order valence-corrected chi connectivity index (χ4v) is 5.70. The molecule has 0 saturated carbocycles. The van der Waals surface area contributed by atoms with Gasteiger partial charge in [-0.25, -0.2) is 4.21 Å². The second-order valence-corrected chi connectivity index (χ2v) is 10.7. The number of aryl methyl sites for hydroxylation is 1. The van der Waals surface area contributed by atoms with Crippen LogP contribution >= 0.6 is 11.9 Å². The smallest absolute Gasteiger partial charge is 0.303 e. The van der Waals surface area contributed by atoms with Gasteiger partial charge in [-0.05, 0) is 55.1 Å². The molecule has 2 N–H and O–H groups in total. The molecular formula is C27H39ClN2O4S. The number of nitrogens with zero attached hydrogens (tertiary/aromatic N) is 1. The third kappa shape index (κ3) is 9.22. The minimum Gasteiger partial charge on any atom is -0.481 e. The van der Waals surface area contributed by atoms with E-state index in [0.717, 1.165) is 53.9 Å². The van der Waals surface area contributed by atoms with Crippen molar-refractivity contribution in [2.24, 2.45) is 0 Å². The number of carboxylic acids is 1. The minimum atomic E-state index is -1.23. The SMILES string of the molecule is COCl.Cc1ccc2c(c1)S(=O)N(C)c1ccccc1C2NCCCCCCCCCCC(=O)O. The number of benzene rings is 2. The summed E-state index contributed by atoms with van der Waals surface area (Å²) < 4.78 is 18.9. The number of hydrogen-bond donors (Lipinski definition) is 2. The summed E-state index contributed by atoms with van der Waals surface area (Å²) in [6, 6.07) is 14.6. The number of para-hydroxylation sites is 1. The van der Waals surface area contributed by atoms with E-state index in [-0.39, 0.29) is 6.04 Å². The highest BCUT2D eigenvalue weighted by Gasteiger charge is 2.29. The lowest BCUT2D eigenvalue weighted by molar-refractivity contribution is -0.137. The zero-order valence-corrected chi connectivity index (χ0v) is 22.7. The molecule has 0 fully saturated rings. The van der Waals surface area contributed by atoms with Crippen molar-refractivity contribution in [1.29, 1.82) is 0 Å². The zero-order chi connectivity index (χ0) is 25.6. The average Bonchev–Trinajstić information content (AvgIpc) is 2.92. The van der Waals surface area contributed by atoms with Gasteiger partial charge in [0.1, 0.15) is 0 Å². The van der Waals surface area contributed by atoms with E-state index >= 15 is 0 Å². The van der Waals surface area contributed by atoms with Crippen molar-refractivity contribution in [2.75, 3.05) is 25.0 Å². The molecule has 194 valence electrons. The Morgan fingerprint density at radius 3 is 2.29 bits per heavy atom. The third-order valence-corrected chi connectivity index (χ3v) is 7.59. The largest absolute Gasteiger partial charge is 0.481 e. The van der Waals surface area contributed by atoms with Gasteiger partial charge in [0.2, 0.25) is 0 Å². The van der Waals surface area contributed by atoms with Crippen molar-refractivity contribution in [1.82, 2.24) is 5.32 Å². The highest BCUT2D eigenvalue weighted by Crippen LogP contribution is 2.38. The molecule has 0 radical (unpaired) electrons. The average molecular weight is 523 g/mol. The lowest BCUT2D eigenvalue weighted by atomic mass is 9.96. The lowest BCUT2D eigenvalue weighted by Crippen LogP contribution is -2.24. The molecule has 8 heteroatoms. The summed E-state index contributed by atoms with van der Waals surface area (Å²) in [5.41, 5.74) is 4.41. The number of rotatable bonds is 12. The van der Waals surface area contributed by atoms with Crippen molar-refractivity contribution in [3.63, 3.8) is 0 Å². The molecule has 35 heavy (non-hydrogen) atoms. The van der Waals surface area contributed by atoms with Gasteiger partial charge < -0.3 is 10.4 Å². The van der Waals surface area contributed by atoms with Crippen LogP contribution in [0.4, 0.5) is 5.69 Å². The molecule has 0 bridgehead atoms. The Labute approximate surface area is 217 Å². The number of unbranched alkanes of at least 4 members (excludes halogenated alkanes) is 7. The first-order valence-electron chi connectivity index (χ1n) is 12.4. The van der Waals surface area contributed by atoms with Crippen LogP contribution in [-0.4, -0.2) is 36.0 Å². The van der Waals surface area contributed by atoms with E-state index in [0.29, 0.717) is 6.42 Å². The summed E-state index contributed by atoms with van der Waals surface area (Å²) >= 11 is 4.50. The van der Waals surface area contributed by atoms with Crippen LogP contribution in [0, 0.1) is 6.92 Å². The van der Waals surface area contributed by atoms with Crippen molar-refractivity contribution in [2.45, 2.75) is 75.6 Å². The van der Waals surface area contributed by atoms with Crippen molar-refractivity contribution in [3.05, 3.63) is 59.2 Å². The fraction of sp³-hybridized carbons (Fsp3) is 0.519. The standard InChI is InChI=1S/C26H36N2O3S.CH3ClO/c1-20-16-17-22-24(19-20)32(31)28(2)23-14-11-10-13-21(23)26(22)27-18-12-8-6-4-3-5-7-9-15-25(29)30;1-3-2/h10-11,13-14,16-17,19,26-27H,3-9,12,15,18H2,1-2H3,(H,29,30);1H3. The number of hydrogen-bond acceptors (Lipinski definition) is 4. The van der Waals surface area contributed by atoms with E-state index in [1.165, 1.54) is 38.4 Å². The Hall–Kier alpha value is -1.93. The topological polar surface area (TPSA) is 78.9 Å². The van der Waals surface area contributed by atoms with Gasteiger partial charge >= 0.3 is 5.97 Å². The summed E-state index contributed by atoms with van der Waals surface area (Å²) in [6.45, 7) is 2.96. The molecule has 0 saturated heterocycles. The second kappa shape index (κ2) is 15.9. The number of aliphatic carboxylic acids is 1. The summed E-state index contributed by atoms with van der Waals surface area (Å²) in [5, 5.41) is 12.4. The molecule has 2 aromatic carbocycles. The highest BCUT2D eigenvalue weighted by atomic mass is 35.5. The van der Waals surface area contributed by atoms with Crippen molar-refractivity contribution in [3.8, 4) is 0 Å². The van der Waals surface area contributed by atoms with Crippen molar-refractivity contribution >= 4 is 34.5 Å². The summed E-state index contributed by atoms with van der Waals surface area (Å²) in [4.78, 5) is 11.4. The van der Waals surface area contributed by atoms with Crippen LogP contribution in [0.1, 0.15) is 80.5 Å². The molecule has 0 aliphatic carbocycles. The predicted octanol–water partition coefficient (Wildman–Crippen LogP) is 6.53. The first kappa shape index (κ1) is 29.3. The van der Waals surface area contributed by atoms with Gasteiger partial charge in [0.05, 0.1) is 35.6 Å². The molecule has 2 aromatic rings. The molecule has 0 amide bonds. The number of nitrogens with one attached hydrogen (secondary N) is 1. The van der Waals surface area contributed by atoms with Gasteiger partial charge in [-0.3, -0.25) is 13.4 Å². The van der Waals surface area contributed by atoms with Crippen LogP contribution in [0.5, 0.6) is 0 Å². The molecule has 2 unspecified atom stereocenters. The van der Waals surface area contributed by atoms with Crippen LogP contribution in [0.25, 0.3) is 0 Å². The number of anilines is 1. The third-order valence-electron chi connectivity index (χ3n) is 6.17. The van der Waals surface area contributed by atoms with Crippen LogP contribution in [0.15, 0.2) is 47.4 Å². The molecule has 3 rings (SSSR count). The molecule has 0 aromatic heterocycles. The maximum Gasteiger partial charge on any atom is 0.303 e. The molecule has 1 heterocycles. The molecule has 0 spiro atoms. The quantitative estimate of drug-likeness (QED) is 0.310. The maximum absolute atomic E-state index is 13.3. The maximum atomic E-state index is 13.3. The second-order valence-electron chi connectivity index (χ2n) is 8.86. The summed E-state index contributed by atoms with van der Waals surface area (Å²) in [6.07, 6.45) is 9.14. The Bertz CT molecular complexity index is 957. The first-order chi connectivity index (χ1) is 16.9. The molecular weight excluding hydrogens is 484 g/mol. The Kier molecular flexibility index (Phi) is 13.3. The van der Waals surface area contributed by atoms with E-state index in [4.69, 9.17) is 5.11 Å². The Morgan fingerprint density at radius 1 is 1.03 bits per heavy atom. The van der Waals surface area contributed by atoms with Gasteiger partial charge in [-0.2, -0.15) is 0 Å². The molecule has 1 aliphatic heterocycles. The number of carboxylic acid groups (broad SMARTS) is 1. The van der Waals surface area contributed by atoms with E-state index < -0.39 is 17.0 Å². The molecule has 6 nitrogen and oxygen atoms in total. The Balaban J connectivity index is 0.00000137. The van der Waals surface area contributed by atoms with Gasteiger partial charge in [-0.15, -0.1) is 0 Å².